The van der Waals surface area contributed by atoms with Gasteiger partial charge in [-0.15, -0.1) is 0 Å². The summed E-state index contributed by atoms with van der Waals surface area (Å²) in [6.07, 6.45) is 3.31. The Morgan fingerprint density at radius 2 is 2.14 bits per heavy atom. The molecule has 0 unspecified atom stereocenters. The molecule has 0 saturated heterocycles. The van der Waals surface area contributed by atoms with Gasteiger partial charge in [0, 0.05) is 24.3 Å². The number of aromatic amines is 1. The number of hydrogen-bond donors (Lipinski definition) is 4. The van der Waals surface area contributed by atoms with E-state index in [-0.39, 0.29) is 11.8 Å². The highest BCUT2D eigenvalue weighted by Gasteiger charge is 2.17. The van der Waals surface area contributed by atoms with E-state index < -0.39 is 12.1 Å². The molecule has 22 heavy (non-hydrogen) atoms. The van der Waals surface area contributed by atoms with Crippen LogP contribution in [0, 0.1) is 0 Å². The molecule has 2 aromatic rings. The van der Waals surface area contributed by atoms with E-state index in [2.05, 4.69) is 20.6 Å². The lowest BCUT2D eigenvalue weighted by Gasteiger charge is -2.15. The Balaban J connectivity index is 1.94. The number of aromatic nitrogens is 2. The van der Waals surface area contributed by atoms with Crippen LogP contribution in [-0.2, 0) is 16.1 Å². The van der Waals surface area contributed by atoms with Crippen LogP contribution in [0.15, 0.2) is 18.5 Å². The highest BCUT2D eigenvalue weighted by molar-refractivity contribution is 6.35. The van der Waals surface area contributed by atoms with Crippen molar-refractivity contribution in [3.63, 3.8) is 0 Å². The number of nitrogens with two attached hydrogens (primary N) is 1. The minimum Gasteiger partial charge on any atom is -0.350 e. The van der Waals surface area contributed by atoms with Gasteiger partial charge in [-0.2, -0.15) is 0 Å². The zero-order chi connectivity index (χ0) is 16.3. The summed E-state index contributed by atoms with van der Waals surface area (Å²) in [4.78, 5) is 30.5. The second kappa shape index (κ2) is 6.76. The molecule has 5 N–H and O–H groups in total. The molecule has 0 aromatic carbocycles. The van der Waals surface area contributed by atoms with Crippen LogP contribution < -0.4 is 16.4 Å². The van der Waals surface area contributed by atoms with Crippen LogP contribution in [-0.4, -0.2) is 33.9 Å². The summed E-state index contributed by atoms with van der Waals surface area (Å²) in [5.41, 5.74) is 6.94. The van der Waals surface area contributed by atoms with Crippen LogP contribution in [0.2, 0.25) is 5.02 Å². The molecule has 2 heterocycles. The van der Waals surface area contributed by atoms with Crippen molar-refractivity contribution in [1.82, 2.24) is 20.6 Å². The average molecular weight is 324 g/mol. The number of halogens is 1. The molecule has 2 atom stereocenters. The molecule has 0 aliphatic heterocycles. The molecule has 2 rings (SSSR count). The first kappa shape index (κ1) is 16.3. The summed E-state index contributed by atoms with van der Waals surface area (Å²) in [5.74, 6) is -0.667. The number of carbonyl (C=O) groups is 2. The van der Waals surface area contributed by atoms with Gasteiger partial charge in [0.25, 0.3) is 0 Å². The predicted octanol–water partition coefficient (Wildman–Crippen LogP) is 0.684. The van der Waals surface area contributed by atoms with Gasteiger partial charge < -0.3 is 21.4 Å². The average Bonchev–Trinajstić information content (AvgIpc) is 2.85. The maximum Gasteiger partial charge on any atom is 0.242 e. The number of pyridine rings is 1. The topological polar surface area (TPSA) is 113 Å². The molecule has 0 radical (unpaired) electrons. The second-order valence-electron chi connectivity index (χ2n) is 5.11. The maximum atomic E-state index is 11.9. The quantitative estimate of drug-likeness (QED) is 0.648. The second-order valence-corrected chi connectivity index (χ2v) is 5.52. The zero-order valence-electron chi connectivity index (χ0n) is 12.3. The third kappa shape index (κ3) is 3.75. The first-order chi connectivity index (χ1) is 10.4. The molecule has 2 amide bonds. The smallest absolute Gasteiger partial charge is 0.242 e. The monoisotopic (exact) mass is 323 g/mol. The number of hydrogen-bond acceptors (Lipinski definition) is 4. The van der Waals surface area contributed by atoms with E-state index in [0.29, 0.717) is 17.2 Å². The van der Waals surface area contributed by atoms with Crippen LogP contribution >= 0.6 is 11.6 Å². The molecule has 0 aliphatic carbocycles. The minimum atomic E-state index is -0.661. The van der Waals surface area contributed by atoms with E-state index in [1.165, 1.54) is 0 Å². The Labute approximate surface area is 132 Å². The normalized spacial score (nSPS) is 13.6. The van der Waals surface area contributed by atoms with Crippen molar-refractivity contribution in [3.8, 4) is 0 Å². The Bertz CT molecular complexity index is 698. The van der Waals surface area contributed by atoms with E-state index in [9.17, 15) is 9.59 Å². The molecule has 118 valence electrons. The zero-order valence-corrected chi connectivity index (χ0v) is 13.1. The number of amides is 2. The fourth-order valence-electron chi connectivity index (χ4n) is 1.86. The van der Waals surface area contributed by atoms with Gasteiger partial charge in [-0.25, -0.2) is 4.98 Å². The van der Waals surface area contributed by atoms with E-state index in [1.54, 1.807) is 26.2 Å². The molecule has 0 spiro atoms. The van der Waals surface area contributed by atoms with E-state index in [4.69, 9.17) is 17.3 Å². The summed E-state index contributed by atoms with van der Waals surface area (Å²) >= 11 is 6.03. The van der Waals surface area contributed by atoms with Gasteiger partial charge in [0.2, 0.25) is 11.8 Å². The van der Waals surface area contributed by atoms with Crippen LogP contribution in [0.25, 0.3) is 11.0 Å². The summed E-state index contributed by atoms with van der Waals surface area (Å²) in [6, 6.07) is 0.538. The number of fused-ring (bicyclic) bond motifs is 1. The molecule has 0 bridgehead atoms. The Morgan fingerprint density at radius 3 is 2.82 bits per heavy atom. The fraction of sp³-hybridized carbons (Fsp3) is 0.357. The number of H-pyrrole nitrogens is 1. The number of carbonyl (C=O) groups excluding carboxylic acids is 2. The maximum absolute atomic E-state index is 11.9. The molecule has 0 saturated carbocycles. The first-order valence-corrected chi connectivity index (χ1v) is 7.21. The molecule has 2 aromatic heterocycles. The van der Waals surface area contributed by atoms with Crippen LogP contribution in [0.1, 0.15) is 19.4 Å². The van der Waals surface area contributed by atoms with Crippen molar-refractivity contribution in [2.75, 3.05) is 0 Å². The predicted molar refractivity (Wildman–Crippen MR) is 84.2 cm³/mol. The molecule has 0 aliphatic rings. The summed E-state index contributed by atoms with van der Waals surface area (Å²) in [5, 5.41) is 6.64. The first-order valence-electron chi connectivity index (χ1n) is 6.83. The lowest BCUT2D eigenvalue weighted by Crippen LogP contribution is -2.49. The Hall–Kier alpha value is -2.12. The van der Waals surface area contributed by atoms with Gasteiger partial charge in [-0.05, 0) is 25.5 Å². The third-order valence-corrected chi connectivity index (χ3v) is 3.48. The minimum absolute atomic E-state index is 0.293. The van der Waals surface area contributed by atoms with Crippen molar-refractivity contribution in [2.24, 2.45) is 5.73 Å². The van der Waals surface area contributed by atoms with Crippen molar-refractivity contribution in [2.45, 2.75) is 32.5 Å². The van der Waals surface area contributed by atoms with Gasteiger partial charge in [-0.1, -0.05) is 11.6 Å². The number of rotatable bonds is 5. The molecule has 0 fully saturated rings. The summed E-state index contributed by atoms with van der Waals surface area (Å²) in [6.45, 7) is 3.45. The Kier molecular flexibility index (Phi) is 4.99. The Morgan fingerprint density at radius 1 is 1.41 bits per heavy atom. The van der Waals surface area contributed by atoms with Gasteiger partial charge in [0.15, 0.2) is 0 Å². The lowest BCUT2D eigenvalue weighted by atomic mass is 10.2. The van der Waals surface area contributed by atoms with Crippen LogP contribution in [0.5, 0.6) is 0 Å². The summed E-state index contributed by atoms with van der Waals surface area (Å²) in [7, 11) is 0. The SMILES string of the molecule is C[C@H](NC(=O)[C@@H](C)N)C(=O)NCc1cnc2[nH]cc(Cl)c2c1. The van der Waals surface area contributed by atoms with E-state index >= 15 is 0 Å². The number of nitrogens with one attached hydrogen (secondary N) is 3. The fourth-order valence-corrected chi connectivity index (χ4v) is 2.06. The number of nitrogens with zero attached hydrogens (tertiary/aromatic N) is 1. The van der Waals surface area contributed by atoms with Crippen LogP contribution in [0.3, 0.4) is 0 Å². The van der Waals surface area contributed by atoms with Crippen molar-refractivity contribution in [1.29, 1.82) is 0 Å². The van der Waals surface area contributed by atoms with E-state index in [1.807, 2.05) is 6.07 Å². The van der Waals surface area contributed by atoms with E-state index in [0.717, 1.165) is 10.9 Å². The van der Waals surface area contributed by atoms with Crippen molar-refractivity contribution < 1.29 is 9.59 Å². The summed E-state index contributed by atoms with van der Waals surface area (Å²) < 4.78 is 0. The van der Waals surface area contributed by atoms with Crippen molar-refractivity contribution in [3.05, 3.63) is 29.0 Å². The third-order valence-electron chi connectivity index (χ3n) is 3.17. The standard InChI is InChI=1S/C14H18ClN5O2/c1-7(16)13(21)20-8(2)14(22)19-5-9-3-10-11(15)6-18-12(10)17-4-9/h3-4,6-8H,5,16H2,1-2H3,(H,17,18)(H,19,22)(H,20,21)/t7-,8+/m1/s1. The molecule has 7 nitrogen and oxygen atoms in total. The lowest BCUT2D eigenvalue weighted by molar-refractivity contribution is -0.129. The molecule has 8 heteroatoms. The highest BCUT2D eigenvalue weighted by atomic mass is 35.5. The van der Waals surface area contributed by atoms with Gasteiger partial charge in [0.1, 0.15) is 11.7 Å². The highest BCUT2D eigenvalue weighted by Crippen LogP contribution is 2.21. The largest absolute Gasteiger partial charge is 0.350 e. The molecular formula is C14H18ClN5O2. The van der Waals surface area contributed by atoms with Crippen LogP contribution in [0.4, 0.5) is 0 Å². The van der Waals surface area contributed by atoms with Crippen molar-refractivity contribution >= 4 is 34.4 Å². The van der Waals surface area contributed by atoms with Gasteiger partial charge in [-0.3, -0.25) is 9.59 Å². The van der Waals surface area contributed by atoms with Gasteiger partial charge >= 0.3 is 0 Å². The van der Waals surface area contributed by atoms with Gasteiger partial charge in [0.05, 0.1) is 11.1 Å². The molecular weight excluding hydrogens is 306 g/mol.